The number of aliphatic hydroxyl groups is 1. The molecule has 2 aromatic rings. The van der Waals surface area contributed by atoms with Crippen LogP contribution in [0.5, 0.6) is 0 Å². The summed E-state index contributed by atoms with van der Waals surface area (Å²) in [6, 6.07) is 8.49. The van der Waals surface area contributed by atoms with Crippen LogP contribution in [-0.2, 0) is 13.6 Å². The van der Waals surface area contributed by atoms with Gasteiger partial charge in [-0.15, -0.1) is 0 Å². The highest BCUT2D eigenvalue weighted by atomic mass is 16.3. The third-order valence-electron chi connectivity index (χ3n) is 3.55. The first kappa shape index (κ1) is 14.1. The minimum Gasteiger partial charge on any atom is -0.396 e. The topological polar surface area (TPSA) is 28.4 Å². The fraction of sp³-hybridized carbons (Fsp3) is 0.500. The summed E-state index contributed by atoms with van der Waals surface area (Å²) in [6.07, 6.45) is 2.20. The van der Waals surface area contributed by atoms with Gasteiger partial charge in [0.15, 0.2) is 0 Å². The van der Waals surface area contributed by atoms with E-state index in [2.05, 4.69) is 67.9 Å². The zero-order valence-corrected chi connectivity index (χ0v) is 12.3. The monoisotopic (exact) mass is 260 g/mol. The molecule has 3 nitrogen and oxygen atoms in total. The van der Waals surface area contributed by atoms with Crippen LogP contribution in [0.4, 0.5) is 0 Å². The van der Waals surface area contributed by atoms with Crippen molar-refractivity contribution in [2.75, 3.05) is 20.2 Å². The Kier molecular flexibility index (Phi) is 3.97. The highest BCUT2D eigenvalue weighted by molar-refractivity contribution is 5.83. The molecule has 0 bridgehead atoms. The average Bonchev–Trinajstić information content (AvgIpc) is 2.66. The van der Waals surface area contributed by atoms with Crippen molar-refractivity contribution in [3.63, 3.8) is 0 Å². The lowest BCUT2D eigenvalue weighted by Crippen LogP contribution is -2.33. The Hall–Kier alpha value is -1.32. The molecule has 0 atom stereocenters. The third kappa shape index (κ3) is 3.17. The number of benzene rings is 1. The molecule has 0 aliphatic rings. The Bertz CT molecular complexity index is 557. The molecule has 1 N–H and O–H groups in total. The normalized spacial score (nSPS) is 12.5. The van der Waals surface area contributed by atoms with Gasteiger partial charge in [-0.3, -0.25) is 0 Å². The zero-order chi connectivity index (χ0) is 14.0. The van der Waals surface area contributed by atoms with Crippen LogP contribution in [-0.4, -0.2) is 34.8 Å². The molecule has 104 valence electrons. The molecule has 1 aromatic heterocycles. The zero-order valence-electron chi connectivity index (χ0n) is 12.3. The first-order valence-electron chi connectivity index (χ1n) is 6.75. The van der Waals surface area contributed by atoms with E-state index in [0.717, 1.165) is 13.1 Å². The van der Waals surface area contributed by atoms with Gasteiger partial charge in [0.25, 0.3) is 0 Å². The second-order valence-corrected chi connectivity index (χ2v) is 6.28. The number of para-hydroxylation sites is 1. The fourth-order valence-electron chi connectivity index (χ4n) is 2.68. The number of fused-ring (bicyclic) bond motifs is 1. The van der Waals surface area contributed by atoms with E-state index >= 15 is 0 Å². The molecule has 0 radical (unpaired) electrons. The molecule has 19 heavy (non-hydrogen) atoms. The fourth-order valence-corrected chi connectivity index (χ4v) is 2.68. The van der Waals surface area contributed by atoms with Crippen LogP contribution in [0, 0.1) is 5.41 Å². The number of rotatable bonds is 5. The number of aryl methyl sites for hydroxylation is 1. The summed E-state index contributed by atoms with van der Waals surface area (Å²) in [5.74, 6) is 0. The van der Waals surface area contributed by atoms with Crippen LogP contribution in [0.3, 0.4) is 0 Å². The van der Waals surface area contributed by atoms with Crippen molar-refractivity contribution < 1.29 is 5.11 Å². The lowest BCUT2D eigenvalue weighted by molar-refractivity contribution is 0.113. The first-order chi connectivity index (χ1) is 8.93. The summed E-state index contributed by atoms with van der Waals surface area (Å²) in [6.45, 7) is 6.18. The van der Waals surface area contributed by atoms with Crippen molar-refractivity contribution in [1.82, 2.24) is 9.47 Å². The van der Waals surface area contributed by atoms with E-state index < -0.39 is 0 Å². The van der Waals surface area contributed by atoms with Gasteiger partial charge in [0, 0.05) is 49.3 Å². The van der Waals surface area contributed by atoms with Gasteiger partial charge >= 0.3 is 0 Å². The Morgan fingerprint density at radius 2 is 1.95 bits per heavy atom. The smallest absolute Gasteiger partial charge is 0.0494 e. The minimum absolute atomic E-state index is 0.0562. The van der Waals surface area contributed by atoms with E-state index in [0.29, 0.717) is 0 Å². The molecule has 0 unspecified atom stereocenters. The molecule has 0 fully saturated rings. The van der Waals surface area contributed by atoms with Crippen molar-refractivity contribution >= 4 is 10.9 Å². The highest BCUT2D eigenvalue weighted by Gasteiger charge is 2.19. The number of hydrogen-bond acceptors (Lipinski definition) is 2. The SMILES string of the molecule is CN(Cc1cn(C)c2ccccc12)CC(C)(C)CO. The van der Waals surface area contributed by atoms with E-state index in [-0.39, 0.29) is 12.0 Å². The van der Waals surface area contributed by atoms with Crippen molar-refractivity contribution in [3.8, 4) is 0 Å². The predicted octanol–water partition coefficient (Wildman–Crippen LogP) is 2.63. The quantitative estimate of drug-likeness (QED) is 0.895. The van der Waals surface area contributed by atoms with E-state index in [9.17, 15) is 5.11 Å². The molecule has 3 heteroatoms. The molecule has 0 saturated heterocycles. The Balaban J connectivity index is 2.18. The molecule has 1 heterocycles. The van der Waals surface area contributed by atoms with E-state index in [4.69, 9.17) is 0 Å². The van der Waals surface area contributed by atoms with Gasteiger partial charge in [0.2, 0.25) is 0 Å². The maximum absolute atomic E-state index is 9.35. The van der Waals surface area contributed by atoms with Crippen LogP contribution < -0.4 is 0 Å². The van der Waals surface area contributed by atoms with Gasteiger partial charge in [0.05, 0.1) is 0 Å². The lowest BCUT2D eigenvalue weighted by Gasteiger charge is -2.28. The van der Waals surface area contributed by atoms with Gasteiger partial charge in [-0.05, 0) is 18.7 Å². The van der Waals surface area contributed by atoms with E-state index in [1.165, 1.54) is 16.5 Å². The molecule has 0 aliphatic heterocycles. The molecule has 0 amide bonds. The van der Waals surface area contributed by atoms with Crippen LogP contribution in [0.15, 0.2) is 30.5 Å². The van der Waals surface area contributed by atoms with Crippen LogP contribution >= 0.6 is 0 Å². The summed E-state index contributed by atoms with van der Waals surface area (Å²) in [7, 11) is 4.20. The predicted molar refractivity (Wildman–Crippen MR) is 80.1 cm³/mol. The molecular weight excluding hydrogens is 236 g/mol. The molecule has 0 spiro atoms. The summed E-state index contributed by atoms with van der Waals surface area (Å²) in [5, 5.41) is 10.7. The van der Waals surface area contributed by atoms with Gasteiger partial charge < -0.3 is 14.6 Å². The second kappa shape index (κ2) is 5.35. The molecule has 1 aromatic carbocycles. The third-order valence-corrected chi connectivity index (χ3v) is 3.55. The van der Waals surface area contributed by atoms with Gasteiger partial charge in [0.1, 0.15) is 0 Å². The van der Waals surface area contributed by atoms with Crippen molar-refractivity contribution in [2.45, 2.75) is 20.4 Å². The van der Waals surface area contributed by atoms with Crippen LogP contribution in [0.2, 0.25) is 0 Å². The summed E-state index contributed by atoms with van der Waals surface area (Å²) in [5.41, 5.74) is 2.56. The lowest BCUT2D eigenvalue weighted by atomic mass is 9.94. The second-order valence-electron chi connectivity index (χ2n) is 6.28. The van der Waals surface area contributed by atoms with Crippen molar-refractivity contribution in [2.24, 2.45) is 12.5 Å². The number of nitrogens with zero attached hydrogens (tertiary/aromatic N) is 2. The standard InChI is InChI=1S/C16H24N2O/c1-16(2,12-19)11-17(3)9-13-10-18(4)15-8-6-5-7-14(13)15/h5-8,10,19H,9,11-12H2,1-4H3. The Morgan fingerprint density at radius 1 is 1.26 bits per heavy atom. The molecule has 0 saturated carbocycles. The average molecular weight is 260 g/mol. The number of aliphatic hydroxyl groups excluding tert-OH is 1. The van der Waals surface area contributed by atoms with Crippen LogP contribution in [0.1, 0.15) is 19.4 Å². The summed E-state index contributed by atoms with van der Waals surface area (Å²) < 4.78 is 2.18. The largest absolute Gasteiger partial charge is 0.396 e. The maximum Gasteiger partial charge on any atom is 0.0494 e. The highest BCUT2D eigenvalue weighted by Crippen LogP contribution is 2.23. The first-order valence-corrected chi connectivity index (χ1v) is 6.75. The number of hydrogen-bond donors (Lipinski definition) is 1. The summed E-state index contributed by atoms with van der Waals surface area (Å²) >= 11 is 0. The van der Waals surface area contributed by atoms with Gasteiger partial charge in [-0.1, -0.05) is 32.0 Å². The minimum atomic E-state index is -0.0562. The summed E-state index contributed by atoms with van der Waals surface area (Å²) in [4.78, 5) is 2.28. The number of aromatic nitrogens is 1. The van der Waals surface area contributed by atoms with E-state index in [1.807, 2.05) is 0 Å². The Morgan fingerprint density at radius 3 is 2.63 bits per heavy atom. The maximum atomic E-state index is 9.35. The van der Waals surface area contributed by atoms with Crippen molar-refractivity contribution in [3.05, 3.63) is 36.0 Å². The van der Waals surface area contributed by atoms with E-state index in [1.54, 1.807) is 0 Å². The van der Waals surface area contributed by atoms with Crippen molar-refractivity contribution in [1.29, 1.82) is 0 Å². The molecule has 2 rings (SSSR count). The van der Waals surface area contributed by atoms with Gasteiger partial charge in [-0.2, -0.15) is 0 Å². The molecular formula is C16H24N2O. The Labute approximate surface area is 115 Å². The van der Waals surface area contributed by atoms with Gasteiger partial charge in [-0.25, -0.2) is 0 Å². The molecule has 0 aliphatic carbocycles. The van der Waals surface area contributed by atoms with Crippen LogP contribution in [0.25, 0.3) is 10.9 Å².